The third kappa shape index (κ3) is 61.1. The van der Waals surface area contributed by atoms with Gasteiger partial charge in [-0.1, -0.05) is 279 Å². The number of ether oxygens (including phenoxy) is 3. The largest absolute Gasteiger partial charge is 0.462 e. The molecule has 0 bridgehead atoms. The fourth-order valence-corrected chi connectivity index (χ4v) is 8.83. The smallest absolute Gasteiger partial charge is 0.306 e. The van der Waals surface area contributed by atoms with Crippen LogP contribution in [0.4, 0.5) is 0 Å². The Morgan fingerprint density at radius 3 is 0.827 bits per heavy atom. The molecule has 0 saturated carbocycles. The molecule has 0 rings (SSSR count). The molecule has 0 N–H and O–H groups in total. The second kappa shape index (κ2) is 62.9. The lowest BCUT2D eigenvalue weighted by atomic mass is 10.0. The van der Waals surface area contributed by atoms with Crippen molar-refractivity contribution in [1.29, 1.82) is 0 Å². The lowest BCUT2D eigenvalue weighted by molar-refractivity contribution is -0.167. The van der Waals surface area contributed by atoms with Crippen LogP contribution < -0.4 is 0 Å². The third-order valence-corrected chi connectivity index (χ3v) is 13.6. The molecule has 0 aromatic rings. The molecule has 6 nitrogen and oxygen atoms in total. The standard InChI is InChI=1S/C69H118O6/c1-4-7-10-13-16-19-21-23-25-27-28-29-30-31-32-33-34-35-36-37-38-39-40-41-42-43-45-46-48-50-53-56-59-62-68(71)74-65-66(64-73-67(70)61-58-55-52-18-15-12-9-6-3)75-69(72)63-60-57-54-51-49-47-44-26-24-22-20-17-14-11-8-5-2/h7,10,16,19-20,22-23,25-26,28-29,31-32,34-35,44,66H,4-6,8-9,11-15,17-18,21,24,27,30,33,36-43,45-65H2,1-3H3/b10-7-,19-16-,22-20-,25-23-,29-28-,32-31-,35-34-,44-26-. The summed E-state index contributed by atoms with van der Waals surface area (Å²) in [7, 11) is 0. The van der Waals surface area contributed by atoms with Crippen molar-refractivity contribution < 1.29 is 28.6 Å². The van der Waals surface area contributed by atoms with Crippen molar-refractivity contribution in [2.24, 2.45) is 0 Å². The zero-order valence-electron chi connectivity index (χ0n) is 49.3. The fraction of sp³-hybridized carbons (Fsp3) is 0.725. The minimum Gasteiger partial charge on any atom is -0.462 e. The van der Waals surface area contributed by atoms with Gasteiger partial charge in [0.2, 0.25) is 0 Å². The molecule has 6 heteroatoms. The maximum Gasteiger partial charge on any atom is 0.306 e. The van der Waals surface area contributed by atoms with Crippen LogP contribution in [-0.4, -0.2) is 37.2 Å². The summed E-state index contributed by atoms with van der Waals surface area (Å²) >= 11 is 0. The van der Waals surface area contributed by atoms with Gasteiger partial charge in [0.15, 0.2) is 6.10 Å². The first-order valence-corrected chi connectivity index (χ1v) is 31.7. The predicted molar refractivity (Wildman–Crippen MR) is 325 cm³/mol. The van der Waals surface area contributed by atoms with E-state index in [1.165, 1.54) is 141 Å². The van der Waals surface area contributed by atoms with E-state index in [2.05, 4.69) is 118 Å². The Morgan fingerprint density at radius 2 is 0.520 bits per heavy atom. The molecule has 0 radical (unpaired) electrons. The van der Waals surface area contributed by atoms with Crippen LogP contribution in [0.5, 0.6) is 0 Å². The van der Waals surface area contributed by atoms with E-state index in [-0.39, 0.29) is 31.1 Å². The van der Waals surface area contributed by atoms with Gasteiger partial charge in [-0.15, -0.1) is 0 Å². The molecular formula is C69H118O6. The average molecular weight is 1040 g/mol. The Morgan fingerprint density at radius 1 is 0.280 bits per heavy atom. The molecule has 0 spiro atoms. The summed E-state index contributed by atoms with van der Waals surface area (Å²) in [6.07, 6.45) is 84.3. The van der Waals surface area contributed by atoms with Crippen LogP contribution in [0.25, 0.3) is 0 Å². The van der Waals surface area contributed by atoms with Gasteiger partial charge < -0.3 is 14.2 Å². The number of esters is 3. The number of unbranched alkanes of at least 4 members (excludes halogenated alkanes) is 30. The van der Waals surface area contributed by atoms with E-state index in [1.807, 2.05) is 0 Å². The van der Waals surface area contributed by atoms with Crippen LogP contribution >= 0.6 is 0 Å². The molecule has 0 aromatic heterocycles. The zero-order valence-corrected chi connectivity index (χ0v) is 49.3. The second-order valence-electron chi connectivity index (χ2n) is 20.9. The highest BCUT2D eigenvalue weighted by molar-refractivity contribution is 5.71. The number of hydrogen-bond donors (Lipinski definition) is 0. The van der Waals surface area contributed by atoms with E-state index in [4.69, 9.17) is 14.2 Å². The highest BCUT2D eigenvalue weighted by Gasteiger charge is 2.19. The van der Waals surface area contributed by atoms with Gasteiger partial charge in [0, 0.05) is 19.3 Å². The SMILES string of the molecule is CC/C=C\C/C=C\C/C=C\C/C=C\C/C=C\C/C=C\CCCCCCCCCCCCCCCCC(=O)OCC(COC(=O)CCCCCCCCCC)OC(=O)CCCCCCC/C=C\C/C=C\CCCCCC. The van der Waals surface area contributed by atoms with Crippen LogP contribution in [0.3, 0.4) is 0 Å². The molecule has 1 unspecified atom stereocenters. The van der Waals surface area contributed by atoms with E-state index >= 15 is 0 Å². The first-order valence-electron chi connectivity index (χ1n) is 31.7. The Labute approximate surface area is 464 Å². The van der Waals surface area contributed by atoms with E-state index in [9.17, 15) is 14.4 Å². The van der Waals surface area contributed by atoms with Crippen molar-refractivity contribution in [2.45, 2.75) is 309 Å². The Balaban J connectivity index is 4.09. The van der Waals surface area contributed by atoms with Gasteiger partial charge in [0.25, 0.3) is 0 Å². The molecule has 1 atom stereocenters. The van der Waals surface area contributed by atoms with E-state index < -0.39 is 6.10 Å². The van der Waals surface area contributed by atoms with Crippen molar-refractivity contribution in [2.75, 3.05) is 13.2 Å². The minimum atomic E-state index is -0.781. The molecule has 0 aliphatic rings. The van der Waals surface area contributed by atoms with Gasteiger partial charge in [0.05, 0.1) is 0 Å². The highest BCUT2D eigenvalue weighted by atomic mass is 16.6. The molecular weight excluding hydrogens is 925 g/mol. The van der Waals surface area contributed by atoms with Gasteiger partial charge >= 0.3 is 17.9 Å². The Hall–Kier alpha value is -3.67. The van der Waals surface area contributed by atoms with Crippen LogP contribution in [-0.2, 0) is 28.6 Å². The van der Waals surface area contributed by atoms with Crippen molar-refractivity contribution in [3.63, 3.8) is 0 Å². The fourth-order valence-electron chi connectivity index (χ4n) is 8.83. The maximum atomic E-state index is 12.8. The van der Waals surface area contributed by atoms with Gasteiger partial charge in [-0.3, -0.25) is 14.4 Å². The molecule has 0 aromatic carbocycles. The lowest BCUT2D eigenvalue weighted by Crippen LogP contribution is -2.30. The number of rotatable bonds is 57. The summed E-state index contributed by atoms with van der Waals surface area (Å²) in [6, 6.07) is 0. The average Bonchev–Trinajstić information content (AvgIpc) is 3.41. The maximum absolute atomic E-state index is 12.8. The molecule has 0 amide bonds. The topological polar surface area (TPSA) is 78.9 Å². The van der Waals surface area contributed by atoms with Crippen LogP contribution in [0.1, 0.15) is 303 Å². The Kier molecular flexibility index (Phi) is 59.8. The molecule has 0 aliphatic heterocycles. The van der Waals surface area contributed by atoms with E-state index in [1.54, 1.807) is 0 Å². The molecule has 0 saturated heterocycles. The number of carbonyl (C=O) groups is 3. The summed E-state index contributed by atoms with van der Waals surface area (Å²) in [5.74, 6) is -0.891. The minimum absolute atomic E-state index is 0.0799. The van der Waals surface area contributed by atoms with E-state index in [0.717, 1.165) is 122 Å². The monoisotopic (exact) mass is 1040 g/mol. The van der Waals surface area contributed by atoms with Gasteiger partial charge in [-0.2, -0.15) is 0 Å². The summed E-state index contributed by atoms with van der Waals surface area (Å²) in [6.45, 7) is 6.48. The lowest BCUT2D eigenvalue weighted by Gasteiger charge is -2.18. The first-order chi connectivity index (χ1) is 37.0. The summed E-state index contributed by atoms with van der Waals surface area (Å²) < 4.78 is 16.8. The highest BCUT2D eigenvalue weighted by Crippen LogP contribution is 2.16. The summed E-state index contributed by atoms with van der Waals surface area (Å²) in [5.41, 5.74) is 0. The van der Waals surface area contributed by atoms with Crippen molar-refractivity contribution in [3.8, 4) is 0 Å². The van der Waals surface area contributed by atoms with Crippen molar-refractivity contribution >= 4 is 17.9 Å². The molecule has 75 heavy (non-hydrogen) atoms. The number of carbonyl (C=O) groups excluding carboxylic acids is 3. The predicted octanol–water partition coefficient (Wildman–Crippen LogP) is 21.7. The molecule has 0 heterocycles. The van der Waals surface area contributed by atoms with Crippen LogP contribution in [0.15, 0.2) is 97.2 Å². The summed E-state index contributed by atoms with van der Waals surface area (Å²) in [5, 5.41) is 0. The van der Waals surface area contributed by atoms with E-state index in [0.29, 0.717) is 19.3 Å². The zero-order chi connectivity index (χ0) is 54.3. The molecule has 0 fully saturated rings. The summed E-state index contributed by atoms with van der Waals surface area (Å²) in [4.78, 5) is 38.1. The quantitative estimate of drug-likeness (QED) is 0.0261. The van der Waals surface area contributed by atoms with Crippen LogP contribution in [0.2, 0.25) is 0 Å². The van der Waals surface area contributed by atoms with Gasteiger partial charge in [0.1, 0.15) is 13.2 Å². The second-order valence-corrected chi connectivity index (χ2v) is 20.9. The third-order valence-electron chi connectivity index (χ3n) is 13.6. The van der Waals surface area contributed by atoms with Crippen molar-refractivity contribution in [3.05, 3.63) is 97.2 Å². The van der Waals surface area contributed by atoms with Crippen molar-refractivity contribution in [1.82, 2.24) is 0 Å². The molecule has 0 aliphatic carbocycles. The first kappa shape index (κ1) is 71.3. The van der Waals surface area contributed by atoms with Crippen LogP contribution in [0, 0.1) is 0 Å². The number of allylic oxidation sites excluding steroid dienone is 16. The Bertz CT molecular complexity index is 1480. The number of hydrogen-bond acceptors (Lipinski definition) is 6. The normalized spacial score (nSPS) is 12.7. The van der Waals surface area contributed by atoms with Gasteiger partial charge in [-0.05, 0) is 103 Å². The molecule has 430 valence electrons. The van der Waals surface area contributed by atoms with Gasteiger partial charge in [-0.25, -0.2) is 0 Å².